The Balaban J connectivity index is 1.31. The van der Waals surface area contributed by atoms with Gasteiger partial charge in [0, 0.05) is 18.5 Å². The molecular formula is C25H25N3O. The fourth-order valence-corrected chi connectivity index (χ4v) is 3.39. The summed E-state index contributed by atoms with van der Waals surface area (Å²) in [5.74, 6) is 0.940. The zero-order valence-corrected chi connectivity index (χ0v) is 16.6. The molecular weight excluding hydrogens is 358 g/mol. The van der Waals surface area contributed by atoms with Gasteiger partial charge in [0.15, 0.2) is 0 Å². The Morgan fingerprint density at radius 2 is 1.55 bits per heavy atom. The summed E-state index contributed by atoms with van der Waals surface area (Å²) in [6, 6.07) is 24.2. The number of rotatable bonds is 7. The molecule has 2 N–H and O–H groups in total. The van der Waals surface area contributed by atoms with Crippen LogP contribution in [-0.4, -0.2) is 15.9 Å². The number of H-pyrrole nitrogens is 1. The Labute approximate surface area is 171 Å². The summed E-state index contributed by atoms with van der Waals surface area (Å²) in [6.07, 6.45) is 2.74. The molecule has 4 rings (SSSR count). The highest BCUT2D eigenvalue weighted by molar-refractivity contribution is 5.94. The van der Waals surface area contributed by atoms with Crippen LogP contribution in [0.2, 0.25) is 0 Å². The molecule has 0 unspecified atom stereocenters. The van der Waals surface area contributed by atoms with Crippen LogP contribution in [-0.2, 0) is 25.8 Å². The SMILES string of the molecule is CCc1ccc(CNC(=O)c2ccc(CCc3nc4ccccc4[nH]3)cc2)cc1. The molecule has 0 bridgehead atoms. The first-order valence-corrected chi connectivity index (χ1v) is 10.1. The van der Waals surface area contributed by atoms with E-state index in [1.807, 2.05) is 48.5 Å². The van der Waals surface area contributed by atoms with Crippen LogP contribution in [0.25, 0.3) is 11.0 Å². The van der Waals surface area contributed by atoms with Crippen molar-refractivity contribution >= 4 is 16.9 Å². The van der Waals surface area contributed by atoms with E-state index in [4.69, 9.17) is 0 Å². The number of para-hydroxylation sites is 2. The number of fused-ring (bicyclic) bond motifs is 1. The predicted octanol–water partition coefficient (Wildman–Crippen LogP) is 4.84. The molecule has 1 amide bonds. The Bertz CT molecular complexity index is 1060. The zero-order chi connectivity index (χ0) is 20.1. The van der Waals surface area contributed by atoms with Crippen molar-refractivity contribution in [2.24, 2.45) is 0 Å². The minimum Gasteiger partial charge on any atom is -0.348 e. The molecule has 0 aliphatic carbocycles. The average molecular weight is 383 g/mol. The van der Waals surface area contributed by atoms with E-state index in [0.29, 0.717) is 12.1 Å². The van der Waals surface area contributed by atoms with Crippen LogP contribution in [0.4, 0.5) is 0 Å². The van der Waals surface area contributed by atoms with E-state index in [-0.39, 0.29) is 5.91 Å². The second-order valence-electron chi connectivity index (χ2n) is 7.25. The predicted molar refractivity (Wildman–Crippen MR) is 117 cm³/mol. The molecule has 0 saturated heterocycles. The lowest BCUT2D eigenvalue weighted by Crippen LogP contribution is -2.22. The summed E-state index contributed by atoms with van der Waals surface area (Å²) in [5, 5.41) is 2.99. The number of amides is 1. The van der Waals surface area contributed by atoms with E-state index in [1.165, 1.54) is 11.1 Å². The van der Waals surface area contributed by atoms with Crippen LogP contribution in [0.5, 0.6) is 0 Å². The maximum absolute atomic E-state index is 12.4. The first-order chi connectivity index (χ1) is 14.2. The third-order valence-corrected chi connectivity index (χ3v) is 5.19. The molecule has 4 aromatic rings. The molecule has 0 fully saturated rings. The quantitative estimate of drug-likeness (QED) is 0.480. The van der Waals surface area contributed by atoms with Gasteiger partial charge in [0.05, 0.1) is 11.0 Å². The average Bonchev–Trinajstić information content (AvgIpc) is 3.20. The Hall–Kier alpha value is -3.40. The van der Waals surface area contributed by atoms with E-state index < -0.39 is 0 Å². The smallest absolute Gasteiger partial charge is 0.251 e. The van der Waals surface area contributed by atoms with E-state index in [0.717, 1.165) is 41.7 Å². The number of aromatic nitrogens is 2. The van der Waals surface area contributed by atoms with Gasteiger partial charge in [-0.2, -0.15) is 0 Å². The van der Waals surface area contributed by atoms with Crippen LogP contribution in [0, 0.1) is 0 Å². The van der Waals surface area contributed by atoms with Gasteiger partial charge < -0.3 is 10.3 Å². The molecule has 1 heterocycles. The summed E-state index contributed by atoms with van der Waals surface area (Å²) < 4.78 is 0. The van der Waals surface area contributed by atoms with E-state index >= 15 is 0 Å². The van der Waals surface area contributed by atoms with Crippen LogP contribution in [0.15, 0.2) is 72.8 Å². The Kier molecular flexibility index (Phi) is 5.71. The number of nitrogens with zero attached hydrogens (tertiary/aromatic N) is 1. The van der Waals surface area contributed by atoms with Crippen molar-refractivity contribution in [3.63, 3.8) is 0 Å². The fourth-order valence-electron chi connectivity index (χ4n) is 3.39. The Morgan fingerprint density at radius 3 is 2.28 bits per heavy atom. The second kappa shape index (κ2) is 8.74. The second-order valence-corrected chi connectivity index (χ2v) is 7.25. The van der Waals surface area contributed by atoms with Gasteiger partial charge in [-0.3, -0.25) is 4.79 Å². The summed E-state index contributed by atoms with van der Waals surface area (Å²) in [7, 11) is 0. The minimum absolute atomic E-state index is 0.0478. The van der Waals surface area contributed by atoms with Crippen molar-refractivity contribution in [2.75, 3.05) is 0 Å². The number of hydrogen-bond donors (Lipinski definition) is 2. The third-order valence-electron chi connectivity index (χ3n) is 5.19. The van der Waals surface area contributed by atoms with Crippen molar-refractivity contribution in [2.45, 2.75) is 32.7 Å². The highest BCUT2D eigenvalue weighted by atomic mass is 16.1. The van der Waals surface area contributed by atoms with Gasteiger partial charge in [0.25, 0.3) is 5.91 Å². The lowest BCUT2D eigenvalue weighted by Gasteiger charge is -2.07. The Morgan fingerprint density at radius 1 is 0.862 bits per heavy atom. The van der Waals surface area contributed by atoms with Crippen LogP contribution in [0.3, 0.4) is 0 Å². The molecule has 1 aromatic heterocycles. The summed E-state index contributed by atoms with van der Waals surface area (Å²) in [6.45, 7) is 2.67. The fraction of sp³-hybridized carbons (Fsp3) is 0.200. The maximum Gasteiger partial charge on any atom is 0.251 e. The molecule has 0 aliphatic rings. The van der Waals surface area contributed by atoms with Gasteiger partial charge >= 0.3 is 0 Å². The summed E-state index contributed by atoms with van der Waals surface area (Å²) >= 11 is 0. The van der Waals surface area contributed by atoms with Crippen LogP contribution in [0.1, 0.15) is 39.8 Å². The third kappa shape index (κ3) is 4.72. The number of aryl methyl sites for hydroxylation is 3. The van der Waals surface area contributed by atoms with Crippen molar-refractivity contribution < 1.29 is 4.79 Å². The van der Waals surface area contributed by atoms with E-state index in [1.54, 1.807) is 0 Å². The summed E-state index contributed by atoms with van der Waals surface area (Å²) in [4.78, 5) is 20.4. The highest BCUT2D eigenvalue weighted by Gasteiger charge is 2.07. The number of carbonyl (C=O) groups excluding carboxylic acids is 1. The van der Waals surface area contributed by atoms with Gasteiger partial charge in [0.1, 0.15) is 5.82 Å². The lowest BCUT2D eigenvalue weighted by molar-refractivity contribution is 0.0951. The first-order valence-electron chi connectivity index (χ1n) is 10.1. The molecule has 0 atom stereocenters. The molecule has 4 nitrogen and oxygen atoms in total. The molecule has 0 spiro atoms. The lowest BCUT2D eigenvalue weighted by atomic mass is 10.1. The topological polar surface area (TPSA) is 57.8 Å². The molecule has 0 aliphatic heterocycles. The monoisotopic (exact) mass is 383 g/mol. The van der Waals surface area contributed by atoms with Crippen molar-refractivity contribution in [3.05, 3.63) is 101 Å². The highest BCUT2D eigenvalue weighted by Crippen LogP contribution is 2.13. The van der Waals surface area contributed by atoms with E-state index in [2.05, 4.69) is 46.5 Å². The molecule has 0 saturated carbocycles. The minimum atomic E-state index is -0.0478. The molecule has 29 heavy (non-hydrogen) atoms. The number of nitrogens with one attached hydrogen (secondary N) is 2. The number of hydrogen-bond acceptors (Lipinski definition) is 2. The standard InChI is InChI=1S/C25H25N3O/c1-2-18-7-9-20(10-8-18)17-26-25(29)21-14-11-19(12-15-21)13-16-24-27-22-5-3-4-6-23(22)28-24/h3-12,14-15H,2,13,16-17H2,1H3,(H,26,29)(H,27,28). The van der Waals surface area contributed by atoms with Gasteiger partial charge in [-0.05, 0) is 53.8 Å². The van der Waals surface area contributed by atoms with Crippen molar-refractivity contribution in [1.82, 2.24) is 15.3 Å². The molecule has 146 valence electrons. The van der Waals surface area contributed by atoms with Gasteiger partial charge in [-0.25, -0.2) is 4.98 Å². The van der Waals surface area contributed by atoms with Crippen molar-refractivity contribution in [1.29, 1.82) is 0 Å². The number of aromatic amines is 1. The molecule has 0 radical (unpaired) electrons. The van der Waals surface area contributed by atoms with Gasteiger partial charge in [0.2, 0.25) is 0 Å². The van der Waals surface area contributed by atoms with Crippen LogP contribution < -0.4 is 5.32 Å². The number of benzene rings is 3. The summed E-state index contributed by atoms with van der Waals surface area (Å²) in [5.41, 5.74) is 6.36. The number of imidazole rings is 1. The first kappa shape index (κ1) is 18.9. The maximum atomic E-state index is 12.4. The van der Waals surface area contributed by atoms with E-state index in [9.17, 15) is 4.79 Å². The van der Waals surface area contributed by atoms with Crippen LogP contribution >= 0.6 is 0 Å². The van der Waals surface area contributed by atoms with Crippen molar-refractivity contribution in [3.8, 4) is 0 Å². The van der Waals surface area contributed by atoms with Gasteiger partial charge in [-0.15, -0.1) is 0 Å². The largest absolute Gasteiger partial charge is 0.348 e. The number of carbonyl (C=O) groups is 1. The zero-order valence-electron chi connectivity index (χ0n) is 16.6. The normalized spacial score (nSPS) is 10.9. The van der Waals surface area contributed by atoms with Gasteiger partial charge in [-0.1, -0.05) is 55.5 Å². The molecule has 4 heteroatoms. The molecule has 3 aromatic carbocycles.